The first kappa shape index (κ1) is 9.62. The fourth-order valence-corrected chi connectivity index (χ4v) is 1.72. The number of rotatable bonds is 2. The van der Waals surface area contributed by atoms with Crippen molar-refractivity contribution in [3.8, 4) is 5.75 Å². The Kier molecular flexibility index (Phi) is 2.79. The Bertz CT molecular complexity index is 330. The number of anilines is 1. The minimum atomic E-state index is 0.311. The number of halogens is 1. The van der Waals surface area contributed by atoms with Crippen LogP contribution in [0.3, 0.4) is 0 Å². The Morgan fingerprint density at radius 2 is 2.50 bits per heavy atom. The smallest absolute Gasteiger partial charge is 0.142 e. The van der Waals surface area contributed by atoms with Gasteiger partial charge in [0.1, 0.15) is 12.4 Å². The molecule has 2 N–H and O–H groups in total. The molecule has 0 bridgehead atoms. The fraction of sp³-hybridized carbons (Fsp3) is 0.400. The third kappa shape index (κ3) is 1.94. The highest BCUT2D eigenvalue weighted by atomic mass is 35.5. The zero-order chi connectivity index (χ0) is 9.97. The topological polar surface area (TPSA) is 33.3 Å². The van der Waals surface area contributed by atoms with Gasteiger partial charge in [0.25, 0.3) is 0 Å². The van der Waals surface area contributed by atoms with E-state index in [4.69, 9.17) is 16.3 Å². The van der Waals surface area contributed by atoms with E-state index in [1.807, 2.05) is 25.2 Å². The van der Waals surface area contributed by atoms with Crippen LogP contribution < -0.4 is 15.4 Å². The van der Waals surface area contributed by atoms with Crippen molar-refractivity contribution in [2.75, 3.05) is 25.5 Å². The average Bonchev–Trinajstić information content (AvgIpc) is 2.17. The number of hydrogen-bond acceptors (Lipinski definition) is 3. The van der Waals surface area contributed by atoms with Crippen LogP contribution >= 0.6 is 11.6 Å². The molecule has 1 aromatic rings. The normalized spacial score (nSPS) is 19.4. The van der Waals surface area contributed by atoms with Crippen LogP contribution in [0, 0.1) is 0 Å². The lowest BCUT2D eigenvalue weighted by molar-refractivity contribution is 0.282. The van der Waals surface area contributed by atoms with Gasteiger partial charge in [-0.25, -0.2) is 0 Å². The van der Waals surface area contributed by atoms with Crippen LogP contribution in [-0.2, 0) is 0 Å². The molecule has 1 atom stereocenters. The summed E-state index contributed by atoms with van der Waals surface area (Å²) in [4.78, 5) is 0. The third-order valence-electron chi connectivity index (χ3n) is 2.19. The SMILES string of the molecule is CNCC1COc2ccc(Cl)cc2N1. The van der Waals surface area contributed by atoms with E-state index in [1.165, 1.54) is 0 Å². The van der Waals surface area contributed by atoms with Gasteiger partial charge in [-0.1, -0.05) is 11.6 Å². The van der Waals surface area contributed by atoms with Crippen molar-refractivity contribution in [3.63, 3.8) is 0 Å². The maximum absolute atomic E-state index is 5.89. The fourth-order valence-electron chi connectivity index (χ4n) is 1.55. The second kappa shape index (κ2) is 4.07. The molecule has 4 heteroatoms. The van der Waals surface area contributed by atoms with Crippen molar-refractivity contribution in [3.05, 3.63) is 23.2 Å². The molecule has 0 saturated heterocycles. The highest BCUT2D eigenvalue weighted by Gasteiger charge is 2.17. The van der Waals surface area contributed by atoms with Crippen molar-refractivity contribution in [1.29, 1.82) is 0 Å². The molecule has 1 aliphatic heterocycles. The van der Waals surface area contributed by atoms with Gasteiger partial charge < -0.3 is 15.4 Å². The third-order valence-corrected chi connectivity index (χ3v) is 2.43. The van der Waals surface area contributed by atoms with E-state index in [0.717, 1.165) is 23.0 Å². The largest absolute Gasteiger partial charge is 0.489 e. The summed E-state index contributed by atoms with van der Waals surface area (Å²) in [6, 6.07) is 5.92. The predicted octanol–water partition coefficient (Wildman–Crippen LogP) is 1.73. The van der Waals surface area contributed by atoms with Crippen molar-refractivity contribution < 1.29 is 4.74 Å². The molecule has 0 amide bonds. The summed E-state index contributed by atoms with van der Waals surface area (Å²) >= 11 is 5.89. The van der Waals surface area contributed by atoms with Crippen LogP contribution in [0.5, 0.6) is 5.75 Å². The Balaban J connectivity index is 2.16. The van der Waals surface area contributed by atoms with Gasteiger partial charge in [-0.05, 0) is 25.2 Å². The molecule has 1 heterocycles. The first-order valence-electron chi connectivity index (χ1n) is 4.63. The van der Waals surface area contributed by atoms with Gasteiger partial charge >= 0.3 is 0 Å². The molecule has 0 aliphatic carbocycles. The predicted molar refractivity (Wildman–Crippen MR) is 58.3 cm³/mol. The van der Waals surface area contributed by atoms with Crippen LogP contribution in [0.1, 0.15) is 0 Å². The van der Waals surface area contributed by atoms with Gasteiger partial charge in [-0.3, -0.25) is 0 Å². The van der Waals surface area contributed by atoms with E-state index in [0.29, 0.717) is 12.6 Å². The molecule has 76 valence electrons. The minimum Gasteiger partial charge on any atom is -0.489 e. The zero-order valence-electron chi connectivity index (χ0n) is 8.01. The van der Waals surface area contributed by atoms with Crippen molar-refractivity contribution in [2.45, 2.75) is 6.04 Å². The Hall–Kier alpha value is -0.930. The summed E-state index contributed by atoms with van der Waals surface area (Å²) in [5, 5.41) is 7.20. The molecule has 1 aliphatic rings. The number of ether oxygens (including phenoxy) is 1. The summed E-state index contributed by atoms with van der Waals surface area (Å²) in [6.45, 7) is 1.57. The standard InChI is InChI=1S/C10H13ClN2O/c1-12-5-8-6-14-10-3-2-7(11)4-9(10)13-8/h2-4,8,12-13H,5-6H2,1H3. The second-order valence-corrected chi connectivity index (χ2v) is 3.79. The van der Waals surface area contributed by atoms with Crippen LogP contribution in [-0.4, -0.2) is 26.2 Å². The maximum Gasteiger partial charge on any atom is 0.142 e. The number of benzene rings is 1. The summed E-state index contributed by atoms with van der Waals surface area (Å²) < 4.78 is 5.58. The van der Waals surface area contributed by atoms with Crippen molar-refractivity contribution >= 4 is 17.3 Å². The summed E-state index contributed by atoms with van der Waals surface area (Å²) in [5.74, 6) is 0.877. The van der Waals surface area contributed by atoms with Gasteiger partial charge in [0.05, 0.1) is 11.7 Å². The van der Waals surface area contributed by atoms with Gasteiger partial charge in [-0.15, -0.1) is 0 Å². The molecule has 0 aromatic heterocycles. The van der Waals surface area contributed by atoms with E-state index in [2.05, 4.69) is 10.6 Å². The van der Waals surface area contributed by atoms with Gasteiger partial charge in [-0.2, -0.15) is 0 Å². The minimum absolute atomic E-state index is 0.311. The lowest BCUT2D eigenvalue weighted by Crippen LogP contribution is -2.38. The van der Waals surface area contributed by atoms with Crippen molar-refractivity contribution in [2.24, 2.45) is 0 Å². The van der Waals surface area contributed by atoms with E-state index in [-0.39, 0.29) is 0 Å². The summed E-state index contributed by atoms with van der Waals surface area (Å²) in [7, 11) is 1.93. The van der Waals surface area contributed by atoms with E-state index >= 15 is 0 Å². The zero-order valence-corrected chi connectivity index (χ0v) is 8.77. The van der Waals surface area contributed by atoms with Crippen molar-refractivity contribution in [1.82, 2.24) is 5.32 Å². The van der Waals surface area contributed by atoms with E-state index < -0.39 is 0 Å². The van der Waals surface area contributed by atoms with E-state index in [9.17, 15) is 0 Å². The van der Waals surface area contributed by atoms with Gasteiger partial charge in [0, 0.05) is 11.6 Å². The molecule has 0 spiro atoms. The number of hydrogen-bond donors (Lipinski definition) is 2. The monoisotopic (exact) mass is 212 g/mol. The second-order valence-electron chi connectivity index (χ2n) is 3.35. The van der Waals surface area contributed by atoms with Crippen LogP contribution in [0.2, 0.25) is 5.02 Å². The molecule has 1 unspecified atom stereocenters. The highest BCUT2D eigenvalue weighted by Crippen LogP contribution is 2.31. The van der Waals surface area contributed by atoms with Gasteiger partial charge in [0.15, 0.2) is 0 Å². The molecule has 0 radical (unpaired) electrons. The number of nitrogens with one attached hydrogen (secondary N) is 2. The maximum atomic E-state index is 5.89. The van der Waals surface area contributed by atoms with E-state index in [1.54, 1.807) is 0 Å². The van der Waals surface area contributed by atoms with Gasteiger partial charge in [0.2, 0.25) is 0 Å². The highest BCUT2D eigenvalue weighted by molar-refractivity contribution is 6.30. The van der Waals surface area contributed by atoms with Crippen LogP contribution in [0.4, 0.5) is 5.69 Å². The summed E-state index contributed by atoms with van der Waals surface area (Å²) in [5.41, 5.74) is 0.976. The number of fused-ring (bicyclic) bond motifs is 1. The Morgan fingerprint density at radius 3 is 3.29 bits per heavy atom. The molecule has 2 rings (SSSR count). The molecule has 3 nitrogen and oxygen atoms in total. The Labute approximate surface area is 88.4 Å². The average molecular weight is 213 g/mol. The quantitative estimate of drug-likeness (QED) is 0.784. The molecule has 0 saturated carbocycles. The van der Waals surface area contributed by atoms with Crippen LogP contribution in [0.25, 0.3) is 0 Å². The molecule has 1 aromatic carbocycles. The number of likely N-dealkylation sites (N-methyl/N-ethyl adjacent to an activating group) is 1. The summed E-state index contributed by atoms with van der Waals surface area (Å²) in [6.07, 6.45) is 0. The first-order valence-corrected chi connectivity index (χ1v) is 5.01. The molecule has 0 fully saturated rings. The Morgan fingerprint density at radius 1 is 1.64 bits per heavy atom. The first-order chi connectivity index (χ1) is 6.79. The van der Waals surface area contributed by atoms with Crippen LogP contribution in [0.15, 0.2) is 18.2 Å². The lowest BCUT2D eigenvalue weighted by atomic mass is 10.2. The molecule has 14 heavy (non-hydrogen) atoms. The molecular weight excluding hydrogens is 200 g/mol. The molecular formula is C10H13ClN2O. The lowest BCUT2D eigenvalue weighted by Gasteiger charge is -2.27.